The van der Waals surface area contributed by atoms with Gasteiger partial charge in [-0.25, -0.2) is 13.8 Å². The van der Waals surface area contributed by atoms with Gasteiger partial charge in [-0.1, -0.05) is 13.8 Å². The third-order valence-electron chi connectivity index (χ3n) is 5.82. The molecule has 0 saturated carbocycles. The molecule has 0 radical (unpaired) electrons. The summed E-state index contributed by atoms with van der Waals surface area (Å²) in [6.45, 7) is 6.48. The van der Waals surface area contributed by atoms with Crippen molar-refractivity contribution in [3.8, 4) is 22.8 Å². The van der Waals surface area contributed by atoms with Crippen LogP contribution in [0.5, 0.6) is 5.75 Å². The fraction of sp³-hybridized carbons (Fsp3) is 0.417. The van der Waals surface area contributed by atoms with Crippen molar-refractivity contribution in [3.63, 3.8) is 0 Å². The van der Waals surface area contributed by atoms with Crippen LogP contribution in [0.15, 0.2) is 35.1 Å². The van der Waals surface area contributed by atoms with E-state index in [0.717, 1.165) is 28.9 Å². The second kappa shape index (κ2) is 10.7. The first-order valence-corrected chi connectivity index (χ1v) is 11.4. The standard InChI is InChI=1S/C22H22F5N5O2.C2H6/c1-29-6-8-31(9-7-29)18-5-4-14(22(25,26)27)21(28-18)32-19(33)12-17(30(32)2)20-15(23)10-13(34-3)11-16(20)24;1-2/h4-5,10-12H,6-9H2,1-3H3;1-2H3. The normalized spacial score (nSPS) is 14.4. The average Bonchev–Trinajstić information content (AvgIpc) is 3.12. The first-order valence-electron chi connectivity index (χ1n) is 11.4. The summed E-state index contributed by atoms with van der Waals surface area (Å²) in [5.74, 6) is -2.53. The molecule has 1 saturated heterocycles. The van der Waals surface area contributed by atoms with Gasteiger partial charge in [-0.3, -0.25) is 9.48 Å². The van der Waals surface area contributed by atoms with Gasteiger partial charge in [-0.05, 0) is 19.2 Å². The lowest BCUT2D eigenvalue weighted by Gasteiger charge is -2.33. The SMILES string of the molecule is CC.COc1cc(F)c(-c2cc(=O)n(-c3nc(N4CCN(C)CC4)ccc3C(F)(F)F)n2C)c(F)c1. The summed E-state index contributed by atoms with van der Waals surface area (Å²) in [5.41, 5.74) is -2.87. The molecule has 3 heterocycles. The summed E-state index contributed by atoms with van der Waals surface area (Å²) < 4.78 is 77.3. The molecule has 196 valence electrons. The van der Waals surface area contributed by atoms with Gasteiger partial charge in [0.1, 0.15) is 28.8 Å². The highest BCUT2D eigenvalue weighted by Gasteiger charge is 2.37. The summed E-state index contributed by atoms with van der Waals surface area (Å²) >= 11 is 0. The van der Waals surface area contributed by atoms with Crippen molar-refractivity contribution in [1.82, 2.24) is 19.2 Å². The number of alkyl halides is 3. The number of pyridine rings is 1. The molecule has 1 aromatic carbocycles. The molecule has 1 fully saturated rings. The van der Waals surface area contributed by atoms with Crippen molar-refractivity contribution >= 4 is 5.82 Å². The minimum atomic E-state index is -4.82. The molecular weight excluding hydrogens is 485 g/mol. The van der Waals surface area contributed by atoms with E-state index < -0.39 is 40.3 Å². The van der Waals surface area contributed by atoms with Crippen LogP contribution in [0.2, 0.25) is 0 Å². The second-order valence-electron chi connectivity index (χ2n) is 8.00. The lowest BCUT2D eigenvalue weighted by Crippen LogP contribution is -2.45. The van der Waals surface area contributed by atoms with E-state index >= 15 is 0 Å². The van der Waals surface area contributed by atoms with E-state index in [1.165, 1.54) is 20.2 Å². The molecule has 36 heavy (non-hydrogen) atoms. The first kappa shape index (κ1) is 27.2. The average molecular weight is 514 g/mol. The molecule has 0 unspecified atom stereocenters. The fourth-order valence-electron chi connectivity index (χ4n) is 3.95. The van der Waals surface area contributed by atoms with Crippen molar-refractivity contribution in [1.29, 1.82) is 0 Å². The van der Waals surface area contributed by atoms with Crippen LogP contribution in [-0.4, -0.2) is 59.6 Å². The monoisotopic (exact) mass is 513 g/mol. The Balaban J connectivity index is 0.00000176. The topological polar surface area (TPSA) is 55.5 Å². The third-order valence-corrected chi connectivity index (χ3v) is 5.82. The third kappa shape index (κ3) is 5.23. The van der Waals surface area contributed by atoms with Crippen LogP contribution >= 0.6 is 0 Å². The summed E-state index contributed by atoms with van der Waals surface area (Å²) in [4.78, 5) is 20.9. The highest BCUT2D eigenvalue weighted by Crippen LogP contribution is 2.35. The number of anilines is 1. The van der Waals surface area contributed by atoms with Gasteiger partial charge < -0.3 is 14.5 Å². The van der Waals surface area contributed by atoms with Gasteiger partial charge >= 0.3 is 6.18 Å². The lowest BCUT2D eigenvalue weighted by atomic mass is 10.1. The molecular formula is C24H28F5N5O2. The van der Waals surface area contributed by atoms with Gasteiger partial charge in [0.15, 0.2) is 5.82 Å². The summed E-state index contributed by atoms with van der Waals surface area (Å²) in [7, 11) is 4.41. The molecule has 1 aliphatic heterocycles. The van der Waals surface area contributed by atoms with E-state index in [1.807, 2.05) is 25.8 Å². The number of piperazine rings is 1. The van der Waals surface area contributed by atoms with Crippen LogP contribution in [0, 0.1) is 11.6 Å². The Kier molecular flexibility index (Phi) is 8.07. The lowest BCUT2D eigenvalue weighted by molar-refractivity contribution is -0.137. The van der Waals surface area contributed by atoms with Crippen LogP contribution in [0.25, 0.3) is 17.1 Å². The number of benzene rings is 1. The summed E-state index contributed by atoms with van der Waals surface area (Å²) in [5, 5.41) is 0. The quantitative estimate of drug-likeness (QED) is 0.487. The molecule has 7 nitrogen and oxygen atoms in total. The van der Waals surface area contributed by atoms with E-state index in [2.05, 4.69) is 9.88 Å². The largest absolute Gasteiger partial charge is 0.497 e. The summed E-state index contributed by atoms with van der Waals surface area (Å²) in [6.07, 6.45) is -4.82. The molecule has 4 rings (SSSR count). The predicted molar refractivity (Wildman–Crippen MR) is 127 cm³/mol. The van der Waals surface area contributed by atoms with Crippen molar-refractivity contribution in [3.05, 3.63) is 57.9 Å². The maximum Gasteiger partial charge on any atom is 0.420 e. The molecule has 0 spiro atoms. The number of methoxy groups -OCH3 is 1. The van der Waals surface area contributed by atoms with Gasteiger partial charge in [0.2, 0.25) is 0 Å². The van der Waals surface area contributed by atoms with Crippen LogP contribution in [0.3, 0.4) is 0 Å². The van der Waals surface area contributed by atoms with E-state index in [-0.39, 0.29) is 17.3 Å². The van der Waals surface area contributed by atoms with Crippen molar-refractivity contribution < 1.29 is 26.7 Å². The highest BCUT2D eigenvalue weighted by molar-refractivity contribution is 5.63. The molecule has 1 aliphatic rings. The smallest absolute Gasteiger partial charge is 0.420 e. The van der Waals surface area contributed by atoms with E-state index in [9.17, 15) is 26.7 Å². The van der Waals surface area contributed by atoms with Gasteiger partial charge in [-0.2, -0.15) is 17.9 Å². The van der Waals surface area contributed by atoms with Crippen LogP contribution in [0.4, 0.5) is 27.8 Å². The Morgan fingerprint density at radius 1 is 0.944 bits per heavy atom. The van der Waals surface area contributed by atoms with Crippen molar-refractivity contribution in [2.24, 2.45) is 7.05 Å². The van der Waals surface area contributed by atoms with Gasteiger partial charge in [0, 0.05) is 51.4 Å². The number of nitrogens with zero attached hydrogens (tertiary/aromatic N) is 5. The van der Waals surface area contributed by atoms with E-state index in [4.69, 9.17) is 4.74 Å². The molecule has 0 aliphatic carbocycles. The number of ether oxygens (including phenoxy) is 1. The number of hydrogen-bond acceptors (Lipinski definition) is 5. The molecule has 2 aromatic heterocycles. The van der Waals surface area contributed by atoms with Gasteiger partial charge in [0.05, 0.1) is 18.4 Å². The van der Waals surface area contributed by atoms with Crippen molar-refractivity contribution in [2.45, 2.75) is 20.0 Å². The van der Waals surface area contributed by atoms with Crippen LogP contribution in [0.1, 0.15) is 19.4 Å². The molecule has 0 amide bonds. The number of rotatable bonds is 4. The van der Waals surface area contributed by atoms with Crippen molar-refractivity contribution in [2.75, 3.05) is 45.2 Å². The molecule has 0 N–H and O–H groups in total. The Morgan fingerprint density at radius 3 is 2.06 bits per heavy atom. The van der Waals surface area contributed by atoms with Crippen LogP contribution in [-0.2, 0) is 13.2 Å². The zero-order chi connectivity index (χ0) is 26.8. The molecule has 0 bridgehead atoms. The van der Waals surface area contributed by atoms with Gasteiger partial charge in [0.25, 0.3) is 5.56 Å². The molecule has 0 atom stereocenters. The minimum absolute atomic E-state index is 0.0796. The Hall–Kier alpha value is -3.41. The van der Waals surface area contributed by atoms with Gasteiger partial charge in [-0.15, -0.1) is 0 Å². The van der Waals surface area contributed by atoms with E-state index in [0.29, 0.717) is 30.9 Å². The zero-order valence-electron chi connectivity index (χ0n) is 20.7. The zero-order valence-corrected chi connectivity index (χ0v) is 20.7. The molecule has 3 aromatic rings. The Labute approximate surface area is 205 Å². The Bertz CT molecular complexity index is 1250. The number of aromatic nitrogens is 3. The maximum atomic E-state index is 14.7. The number of hydrogen-bond donors (Lipinski definition) is 0. The second-order valence-corrected chi connectivity index (χ2v) is 8.00. The minimum Gasteiger partial charge on any atom is -0.497 e. The Morgan fingerprint density at radius 2 is 1.53 bits per heavy atom. The van der Waals surface area contributed by atoms with Crippen LogP contribution < -0.4 is 15.2 Å². The first-order chi connectivity index (χ1) is 17.0. The maximum absolute atomic E-state index is 14.7. The van der Waals surface area contributed by atoms with E-state index in [1.54, 1.807) is 0 Å². The predicted octanol–water partition coefficient (Wildman–Crippen LogP) is 4.32. The number of likely N-dealkylation sites (N-methyl/N-ethyl adjacent to an activating group) is 1. The summed E-state index contributed by atoms with van der Waals surface area (Å²) in [6, 6.07) is 4.85. The molecule has 12 heteroatoms. The number of halogens is 5. The fourth-order valence-corrected chi connectivity index (χ4v) is 3.95. The highest BCUT2D eigenvalue weighted by atomic mass is 19.4.